The summed E-state index contributed by atoms with van der Waals surface area (Å²) < 4.78 is 27.2. The maximum atomic E-state index is 13.0. The second-order valence-electron chi connectivity index (χ2n) is 8.19. The molecule has 0 aliphatic carbocycles. The number of aryl methyl sites for hydroxylation is 1. The molecule has 1 fully saturated rings. The molecule has 2 aromatic carbocycles. The van der Waals surface area contributed by atoms with E-state index in [9.17, 15) is 18.0 Å². The van der Waals surface area contributed by atoms with Crippen LogP contribution in [0.5, 0.6) is 0 Å². The summed E-state index contributed by atoms with van der Waals surface area (Å²) in [6, 6.07) is 11.4. The number of benzene rings is 2. The second-order valence-corrected chi connectivity index (χ2v) is 10.1. The molecule has 2 N–H and O–H groups in total. The van der Waals surface area contributed by atoms with Crippen molar-refractivity contribution in [2.45, 2.75) is 38.5 Å². The molecule has 0 spiro atoms. The van der Waals surface area contributed by atoms with Gasteiger partial charge in [-0.15, -0.1) is 0 Å². The van der Waals surface area contributed by atoms with Crippen LogP contribution in [0.25, 0.3) is 0 Å². The van der Waals surface area contributed by atoms with Gasteiger partial charge in [-0.1, -0.05) is 32.0 Å². The molecule has 1 heterocycles. The molecule has 0 unspecified atom stereocenters. The maximum absolute atomic E-state index is 13.0. The van der Waals surface area contributed by atoms with Crippen LogP contribution in [0.4, 0.5) is 5.69 Å². The minimum atomic E-state index is -3.63. The highest BCUT2D eigenvalue weighted by molar-refractivity contribution is 7.89. The molecule has 31 heavy (non-hydrogen) atoms. The van der Waals surface area contributed by atoms with Crippen LogP contribution >= 0.6 is 0 Å². The fraction of sp³-hybridized carbons (Fsp3) is 0.391. The van der Waals surface area contributed by atoms with E-state index in [2.05, 4.69) is 10.6 Å². The van der Waals surface area contributed by atoms with Crippen LogP contribution in [-0.4, -0.2) is 44.2 Å². The summed E-state index contributed by atoms with van der Waals surface area (Å²) in [6.45, 7) is 7.27. The predicted molar refractivity (Wildman–Crippen MR) is 121 cm³/mol. The van der Waals surface area contributed by atoms with Crippen molar-refractivity contribution in [1.82, 2.24) is 9.62 Å². The summed E-state index contributed by atoms with van der Waals surface area (Å²) in [5.41, 5.74) is 1.65. The van der Waals surface area contributed by atoms with E-state index in [4.69, 9.17) is 0 Å². The van der Waals surface area contributed by atoms with Crippen molar-refractivity contribution in [1.29, 1.82) is 0 Å². The number of nitrogens with one attached hydrogen (secondary N) is 2. The lowest BCUT2D eigenvalue weighted by Gasteiger charge is -2.17. The van der Waals surface area contributed by atoms with Gasteiger partial charge >= 0.3 is 0 Å². The van der Waals surface area contributed by atoms with Crippen molar-refractivity contribution in [3.8, 4) is 0 Å². The van der Waals surface area contributed by atoms with Crippen LogP contribution in [0.3, 0.4) is 0 Å². The second kappa shape index (κ2) is 9.62. The van der Waals surface area contributed by atoms with Crippen molar-refractivity contribution in [2.75, 3.05) is 25.0 Å². The third kappa shape index (κ3) is 5.32. The molecule has 166 valence electrons. The van der Waals surface area contributed by atoms with Gasteiger partial charge in [0.2, 0.25) is 10.0 Å². The summed E-state index contributed by atoms with van der Waals surface area (Å²) in [7, 11) is -3.63. The van der Waals surface area contributed by atoms with Crippen LogP contribution in [-0.2, 0) is 10.0 Å². The number of hydrogen-bond donors (Lipinski definition) is 2. The van der Waals surface area contributed by atoms with Crippen molar-refractivity contribution in [3.05, 3.63) is 59.2 Å². The van der Waals surface area contributed by atoms with Crippen molar-refractivity contribution in [2.24, 2.45) is 5.92 Å². The Kier molecular flexibility index (Phi) is 7.12. The number of nitrogens with zero attached hydrogens (tertiary/aromatic N) is 1. The molecule has 0 saturated carbocycles. The van der Waals surface area contributed by atoms with Gasteiger partial charge in [0, 0.05) is 25.2 Å². The van der Waals surface area contributed by atoms with Gasteiger partial charge in [-0.2, -0.15) is 4.31 Å². The molecule has 2 amide bonds. The number of hydrogen-bond acceptors (Lipinski definition) is 4. The Morgan fingerprint density at radius 3 is 2.35 bits per heavy atom. The SMILES string of the molecule is Cc1ccc(S(=O)(=O)N2CCCC2)cc1C(=O)Nc1ccccc1C(=O)NCC(C)C. The Labute approximate surface area is 183 Å². The molecule has 3 rings (SSSR count). The van der Waals surface area contributed by atoms with Crippen LogP contribution < -0.4 is 10.6 Å². The summed E-state index contributed by atoms with van der Waals surface area (Å²) in [5, 5.41) is 5.62. The van der Waals surface area contributed by atoms with Gasteiger partial charge in [0.05, 0.1) is 16.1 Å². The van der Waals surface area contributed by atoms with Crippen molar-refractivity contribution < 1.29 is 18.0 Å². The maximum Gasteiger partial charge on any atom is 0.255 e. The Bertz CT molecular complexity index is 1070. The van der Waals surface area contributed by atoms with Crippen LogP contribution in [0.2, 0.25) is 0 Å². The van der Waals surface area contributed by atoms with Crippen LogP contribution in [0.15, 0.2) is 47.4 Å². The van der Waals surface area contributed by atoms with E-state index in [-0.39, 0.29) is 16.4 Å². The topological polar surface area (TPSA) is 95.6 Å². The largest absolute Gasteiger partial charge is 0.352 e. The van der Waals surface area contributed by atoms with Crippen LogP contribution in [0.1, 0.15) is 53.0 Å². The fourth-order valence-corrected chi connectivity index (χ4v) is 5.00. The smallest absolute Gasteiger partial charge is 0.255 e. The minimum Gasteiger partial charge on any atom is -0.352 e. The van der Waals surface area contributed by atoms with Crippen molar-refractivity contribution >= 4 is 27.5 Å². The van der Waals surface area contributed by atoms with Gasteiger partial charge in [0.1, 0.15) is 0 Å². The number of anilines is 1. The third-order valence-corrected chi connectivity index (χ3v) is 7.14. The van der Waals surface area contributed by atoms with Gasteiger partial charge < -0.3 is 10.6 Å². The lowest BCUT2D eigenvalue weighted by Crippen LogP contribution is -2.29. The zero-order chi connectivity index (χ0) is 22.6. The number of amides is 2. The zero-order valence-electron chi connectivity index (χ0n) is 18.1. The van der Waals surface area contributed by atoms with Gasteiger partial charge in [-0.3, -0.25) is 9.59 Å². The molecular formula is C23H29N3O4S. The average Bonchev–Trinajstić information content (AvgIpc) is 3.28. The van der Waals surface area contributed by atoms with Gasteiger partial charge in [-0.25, -0.2) is 8.42 Å². The van der Waals surface area contributed by atoms with Crippen molar-refractivity contribution in [3.63, 3.8) is 0 Å². The standard InChI is InChI=1S/C23H29N3O4S/c1-16(2)15-24-22(27)19-8-4-5-9-21(19)25-23(28)20-14-18(11-10-17(20)3)31(29,30)26-12-6-7-13-26/h4-5,8-11,14,16H,6-7,12-13,15H2,1-3H3,(H,24,27)(H,25,28). The molecule has 1 aliphatic heterocycles. The first kappa shape index (κ1) is 23.0. The summed E-state index contributed by atoms with van der Waals surface area (Å²) in [5.74, 6) is -0.430. The molecule has 0 radical (unpaired) electrons. The van der Waals surface area contributed by atoms with E-state index in [1.807, 2.05) is 13.8 Å². The molecule has 8 heteroatoms. The Morgan fingerprint density at radius 2 is 1.68 bits per heavy atom. The van der Waals surface area contributed by atoms with E-state index >= 15 is 0 Å². The summed E-state index contributed by atoms with van der Waals surface area (Å²) >= 11 is 0. The lowest BCUT2D eigenvalue weighted by molar-refractivity contribution is 0.0950. The molecule has 7 nitrogen and oxygen atoms in total. The molecule has 1 saturated heterocycles. The molecule has 2 aromatic rings. The Hall–Kier alpha value is -2.71. The number of carbonyl (C=O) groups excluding carboxylic acids is 2. The quantitative estimate of drug-likeness (QED) is 0.685. The lowest BCUT2D eigenvalue weighted by atomic mass is 10.1. The number of sulfonamides is 1. The molecule has 0 atom stereocenters. The van der Waals surface area contributed by atoms with E-state index in [0.717, 1.165) is 12.8 Å². The van der Waals surface area contributed by atoms with Gasteiger partial charge in [-0.05, 0) is 55.5 Å². The first-order valence-electron chi connectivity index (χ1n) is 10.5. The Balaban J connectivity index is 1.85. The molecular weight excluding hydrogens is 414 g/mol. The highest BCUT2D eigenvalue weighted by Crippen LogP contribution is 2.24. The number of para-hydroxylation sites is 1. The van der Waals surface area contributed by atoms with Gasteiger partial charge in [0.25, 0.3) is 11.8 Å². The first-order chi connectivity index (χ1) is 14.7. The van der Waals surface area contributed by atoms with E-state index in [1.165, 1.54) is 16.4 Å². The van der Waals surface area contributed by atoms with Gasteiger partial charge in [0.15, 0.2) is 0 Å². The average molecular weight is 444 g/mol. The Morgan fingerprint density at radius 1 is 1.00 bits per heavy atom. The zero-order valence-corrected chi connectivity index (χ0v) is 19.0. The third-order valence-electron chi connectivity index (χ3n) is 5.25. The van der Waals surface area contributed by atoms with E-state index in [0.29, 0.717) is 42.4 Å². The monoisotopic (exact) mass is 443 g/mol. The summed E-state index contributed by atoms with van der Waals surface area (Å²) in [6.07, 6.45) is 1.68. The normalized spacial score (nSPS) is 14.6. The highest BCUT2D eigenvalue weighted by atomic mass is 32.2. The van der Waals surface area contributed by atoms with E-state index < -0.39 is 15.9 Å². The molecule has 1 aliphatic rings. The number of carbonyl (C=O) groups is 2. The van der Waals surface area contributed by atoms with E-state index in [1.54, 1.807) is 37.3 Å². The number of rotatable bonds is 7. The first-order valence-corrected chi connectivity index (χ1v) is 11.9. The highest BCUT2D eigenvalue weighted by Gasteiger charge is 2.28. The fourth-order valence-electron chi connectivity index (χ4n) is 3.46. The molecule has 0 bridgehead atoms. The minimum absolute atomic E-state index is 0.105. The predicted octanol–water partition coefficient (Wildman–Crippen LogP) is 3.42. The summed E-state index contributed by atoms with van der Waals surface area (Å²) in [4.78, 5) is 25.7. The van der Waals surface area contributed by atoms with Crippen LogP contribution in [0, 0.1) is 12.8 Å². The molecule has 0 aromatic heterocycles.